The Hall–Kier alpha value is -0.830. The van der Waals surface area contributed by atoms with E-state index >= 15 is 0 Å². The number of halogens is 1. The lowest BCUT2D eigenvalue weighted by molar-refractivity contribution is 0.621. The zero-order chi connectivity index (χ0) is 9.97. The molecule has 0 amide bonds. The van der Waals surface area contributed by atoms with Gasteiger partial charge >= 0.3 is 0 Å². The van der Waals surface area contributed by atoms with Crippen molar-refractivity contribution in [1.29, 1.82) is 0 Å². The molecule has 0 spiro atoms. The SMILES string of the molecule is CCn1ncnc1CC1=CC(Cl)CC1. The molecule has 0 bridgehead atoms. The minimum atomic E-state index is 0.225. The summed E-state index contributed by atoms with van der Waals surface area (Å²) in [6, 6.07) is 0. The van der Waals surface area contributed by atoms with Crippen LogP contribution in [0.25, 0.3) is 0 Å². The highest BCUT2D eigenvalue weighted by Crippen LogP contribution is 2.24. The zero-order valence-electron chi connectivity index (χ0n) is 8.28. The van der Waals surface area contributed by atoms with Crippen molar-refractivity contribution in [2.45, 2.75) is 38.1 Å². The van der Waals surface area contributed by atoms with Gasteiger partial charge in [-0.2, -0.15) is 5.10 Å². The number of alkyl halides is 1. The van der Waals surface area contributed by atoms with Crippen LogP contribution in [-0.2, 0) is 13.0 Å². The molecule has 4 heteroatoms. The Morgan fingerprint density at radius 3 is 3.14 bits per heavy atom. The first-order valence-corrected chi connectivity index (χ1v) is 5.43. The third-order valence-corrected chi connectivity index (χ3v) is 2.88. The van der Waals surface area contributed by atoms with E-state index < -0.39 is 0 Å². The van der Waals surface area contributed by atoms with Gasteiger partial charge in [0.1, 0.15) is 12.2 Å². The van der Waals surface area contributed by atoms with Gasteiger partial charge in [-0.1, -0.05) is 11.6 Å². The van der Waals surface area contributed by atoms with Crippen LogP contribution in [0.15, 0.2) is 18.0 Å². The molecule has 0 radical (unpaired) electrons. The van der Waals surface area contributed by atoms with Crippen molar-refractivity contribution in [2.75, 3.05) is 0 Å². The van der Waals surface area contributed by atoms with Gasteiger partial charge in [-0.15, -0.1) is 11.6 Å². The van der Waals surface area contributed by atoms with Crippen LogP contribution in [0.1, 0.15) is 25.6 Å². The van der Waals surface area contributed by atoms with Gasteiger partial charge in [0.25, 0.3) is 0 Å². The molecular weight excluding hydrogens is 198 g/mol. The average Bonchev–Trinajstić information content (AvgIpc) is 2.76. The second kappa shape index (κ2) is 4.13. The monoisotopic (exact) mass is 211 g/mol. The Bertz CT molecular complexity index is 343. The Morgan fingerprint density at radius 2 is 2.50 bits per heavy atom. The van der Waals surface area contributed by atoms with Crippen molar-refractivity contribution in [2.24, 2.45) is 0 Å². The molecule has 0 saturated carbocycles. The molecule has 0 aliphatic heterocycles. The summed E-state index contributed by atoms with van der Waals surface area (Å²) in [4.78, 5) is 4.24. The number of hydrogen-bond donors (Lipinski definition) is 0. The minimum absolute atomic E-state index is 0.225. The second-order valence-electron chi connectivity index (χ2n) is 3.55. The molecule has 0 fully saturated rings. The number of allylic oxidation sites excluding steroid dienone is 2. The molecule has 0 N–H and O–H groups in total. The molecule has 14 heavy (non-hydrogen) atoms. The topological polar surface area (TPSA) is 30.7 Å². The predicted molar refractivity (Wildman–Crippen MR) is 56.4 cm³/mol. The number of hydrogen-bond acceptors (Lipinski definition) is 2. The summed E-state index contributed by atoms with van der Waals surface area (Å²) in [6.07, 6.45) is 6.84. The fourth-order valence-electron chi connectivity index (χ4n) is 1.79. The molecule has 1 aliphatic carbocycles. The first-order valence-electron chi connectivity index (χ1n) is 5.00. The predicted octanol–water partition coefficient (Wildman–Crippen LogP) is 2.17. The van der Waals surface area contributed by atoms with E-state index in [2.05, 4.69) is 23.1 Å². The highest BCUT2D eigenvalue weighted by atomic mass is 35.5. The third-order valence-electron chi connectivity index (χ3n) is 2.54. The average molecular weight is 212 g/mol. The lowest BCUT2D eigenvalue weighted by Crippen LogP contribution is -2.04. The largest absolute Gasteiger partial charge is 0.250 e. The maximum atomic E-state index is 6.00. The third kappa shape index (κ3) is 1.98. The van der Waals surface area contributed by atoms with Crippen LogP contribution in [0.4, 0.5) is 0 Å². The molecule has 0 saturated heterocycles. The van der Waals surface area contributed by atoms with Crippen LogP contribution in [0.5, 0.6) is 0 Å². The van der Waals surface area contributed by atoms with Gasteiger partial charge in [0, 0.05) is 13.0 Å². The van der Waals surface area contributed by atoms with Crippen molar-refractivity contribution >= 4 is 11.6 Å². The van der Waals surface area contributed by atoms with E-state index in [0.29, 0.717) is 0 Å². The van der Waals surface area contributed by atoms with Crippen molar-refractivity contribution in [3.8, 4) is 0 Å². The zero-order valence-corrected chi connectivity index (χ0v) is 9.04. The lowest BCUT2D eigenvalue weighted by Gasteiger charge is -2.02. The van der Waals surface area contributed by atoms with Gasteiger partial charge in [0.05, 0.1) is 5.38 Å². The Labute approximate surface area is 88.8 Å². The minimum Gasteiger partial charge on any atom is -0.250 e. The van der Waals surface area contributed by atoms with Crippen molar-refractivity contribution in [3.05, 3.63) is 23.8 Å². The van der Waals surface area contributed by atoms with Gasteiger partial charge in [0.15, 0.2) is 0 Å². The van der Waals surface area contributed by atoms with Crippen LogP contribution >= 0.6 is 11.6 Å². The van der Waals surface area contributed by atoms with Gasteiger partial charge in [-0.05, 0) is 19.8 Å². The molecule has 76 valence electrons. The van der Waals surface area contributed by atoms with Crippen LogP contribution < -0.4 is 0 Å². The van der Waals surface area contributed by atoms with Crippen LogP contribution in [0, 0.1) is 0 Å². The molecule has 0 aromatic carbocycles. The number of aryl methyl sites for hydroxylation is 1. The van der Waals surface area contributed by atoms with Gasteiger partial charge in [-0.25, -0.2) is 4.98 Å². The molecule has 1 unspecified atom stereocenters. The van der Waals surface area contributed by atoms with Crippen molar-refractivity contribution in [1.82, 2.24) is 14.8 Å². The maximum absolute atomic E-state index is 6.00. The Kier molecular flexibility index (Phi) is 2.87. The van der Waals surface area contributed by atoms with Crippen LogP contribution in [-0.4, -0.2) is 20.1 Å². The molecule has 1 heterocycles. The molecule has 3 nitrogen and oxygen atoms in total. The van der Waals surface area contributed by atoms with E-state index in [1.165, 1.54) is 5.57 Å². The van der Waals surface area contributed by atoms with Crippen molar-refractivity contribution < 1.29 is 0 Å². The van der Waals surface area contributed by atoms with Gasteiger partial charge in [0.2, 0.25) is 0 Å². The maximum Gasteiger partial charge on any atom is 0.138 e. The molecule has 1 aromatic heterocycles. The summed E-state index contributed by atoms with van der Waals surface area (Å²) in [5.74, 6) is 1.05. The Balaban J connectivity index is 2.07. The lowest BCUT2D eigenvalue weighted by atomic mass is 10.1. The first-order chi connectivity index (χ1) is 6.79. The standard InChI is InChI=1S/C10H14ClN3/c1-2-14-10(12-7-13-14)6-8-3-4-9(11)5-8/h5,7,9H,2-4,6H2,1H3. The van der Waals surface area contributed by atoms with E-state index in [4.69, 9.17) is 11.6 Å². The number of rotatable bonds is 3. The summed E-state index contributed by atoms with van der Waals surface area (Å²) in [6.45, 7) is 2.96. The van der Waals surface area contributed by atoms with Crippen molar-refractivity contribution in [3.63, 3.8) is 0 Å². The highest BCUT2D eigenvalue weighted by Gasteiger charge is 2.15. The summed E-state index contributed by atoms with van der Waals surface area (Å²) in [5, 5.41) is 4.37. The van der Waals surface area contributed by atoms with E-state index in [0.717, 1.165) is 31.6 Å². The normalized spacial score (nSPS) is 21.3. The molecule has 1 aliphatic rings. The molecule has 1 aromatic rings. The van der Waals surface area contributed by atoms with Crippen LogP contribution in [0.2, 0.25) is 0 Å². The number of aromatic nitrogens is 3. The van der Waals surface area contributed by atoms with E-state index in [9.17, 15) is 0 Å². The Morgan fingerprint density at radius 1 is 1.64 bits per heavy atom. The fourth-order valence-corrected chi connectivity index (χ4v) is 2.07. The summed E-state index contributed by atoms with van der Waals surface area (Å²) in [7, 11) is 0. The van der Waals surface area contributed by atoms with E-state index in [1.54, 1.807) is 6.33 Å². The van der Waals surface area contributed by atoms with E-state index in [-0.39, 0.29) is 5.38 Å². The molecule has 2 rings (SSSR count). The fraction of sp³-hybridized carbons (Fsp3) is 0.600. The number of nitrogens with zero attached hydrogens (tertiary/aromatic N) is 3. The van der Waals surface area contributed by atoms with Crippen LogP contribution in [0.3, 0.4) is 0 Å². The molecule has 1 atom stereocenters. The summed E-state index contributed by atoms with van der Waals surface area (Å²) >= 11 is 6.00. The van der Waals surface area contributed by atoms with E-state index in [1.807, 2.05) is 4.68 Å². The smallest absolute Gasteiger partial charge is 0.138 e. The highest BCUT2D eigenvalue weighted by molar-refractivity contribution is 6.22. The summed E-state index contributed by atoms with van der Waals surface area (Å²) < 4.78 is 1.93. The first kappa shape index (κ1) is 9.71. The summed E-state index contributed by atoms with van der Waals surface area (Å²) in [5.41, 5.74) is 1.40. The second-order valence-corrected chi connectivity index (χ2v) is 4.11. The van der Waals surface area contributed by atoms with Gasteiger partial charge in [-0.3, -0.25) is 4.68 Å². The van der Waals surface area contributed by atoms with Gasteiger partial charge < -0.3 is 0 Å². The molecular formula is C10H14ClN3. The quantitative estimate of drug-likeness (QED) is 0.567.